The molecule has 0 unspecified atom stereocenters. The van der Waals surface area contributed by atoms with Crippen molar-refractivity contribution in [3.63, 3.8) is 0 Å². The average molecular weight is 1440 g/mol. The fourth-order valence-electron chi connectivity index (χ4n) is 12.2. The van der Waals surface area contributed by atoms with Gasteiger partial charge in [-0.05, 0) is 129 Å². The highest BCUT2D eigenvalue weighted by Gasteiger charge is 2.55. The summed E-state index contributed by atoms with van der Waals surface area (Å²) in [5.74, 6) is -1.10. The third kappa shape index (κ3) is 18.4. The number of aromatic hydroxyl groups is 2. The van der Waals surface area contributed by atoms with Crippen molar-refractivity contribution in [1.82, 2.24) is 10.6 Å². The number of benzene rings is 8. The van der Waals surface area contributed by atoms with Crippen LogP contribution in [-0.4, -0.2) is 139 Å². The summed E-state index contributed by atoms with van der Waals surface area (Å²) in [6, 6.07) is 60.4. The van der Waals surface area contributed by atoms with Crippen LogP contribution in [0.4, 0.5) is 9.59 Å². The van der Waals surface area contributed by atoms with E-state index in [2.05, 4.69) is 80.7 Å². The van der Waals surface area contributed by atoms with Crippen LogP contribution in [0.3, 0.4) is 0 Å². The van der Waals surface area contributed by atoms with Gasteiger partial charge in [-0.3, -0.25) is 0 Å². The van der Waals surface area contributed by atoms with E-state index in [1.165, 1.54) is 12.2 Å². The van der Waals surface area contributed by atoms with Gasteiger partial charge < -0.3 is 68.2 Å². The Morgan fingerprint density at radius 1 is 0.396 bits per heavy atom. The molecule has 2 aliphatic rings. The van der Waals surface area contributed by atoms with E-state index in [0.29, 0.717) is 17.1 Å². The number of rotatable bonds is 26. The SMILES string of the molecule is C=C(C)C(=O)OCCN=C=O.C=CC(=O)OCCN=C=O.C=CC(=O)OCCNC(=O)Oc1ccc(C2(OC)c3ccccc3C(OC)(c3ccc(OC(=O)NCCOC(=O)C(=C)C)cc3)c3ccccc32)cc1.COC1(c2ccc(O)cc2)c2ccccc2C(OC)(c2ccc(O)cc2)c2ccccc21. The van der Waals surface area contributed by atoms with E-state index in [-0.39, 0.29) is 69.7 Å². The number of fused-ring (bicyclic) bond motifs is 4. The van der Waals surface area contributed by atoms with E-state index < -0.39 is 58.5 Å². The van der Waals surface area contributed by atoms with E-state index in [0.717, 1.165) is 78.9 Å². The number of methoxy groups -OCH3 is 4. The van der Waals surface area contributed by atoms with Gasteiger partial charge in [-0.15, -0.1) is 0 Å². The highest BCUT2D eigenvalue weighted by molar-refractivity contribution is 5.87. The maximum Gasteiger partial charge on any atom is 0.412 e. The van der Waals surface area contributed by atoms with Crippen LogP contribution in [0, 0.1) is 0 Å². The largest absolute Gasteiger partial charge is 0.508 e. The van der Waals surface area contributed by atoms with Crippen molar-refractivity contribution in [3.05, 3.63) is 310 Å². The molecule has 2 amide bonds. The second-order valence-corrected chi connectivity index (χ2v) is 23.0. The van der Waals surface area contributed by atoms with Gasteiger partial charge in [-0.25, -0.2) is 48.3 Å². The normalized spacial score (nSPS) is 16.5. The molecule has 24 heteroatoms. The molecule has 106 heavy (non-hydrogen) atoms. The Kier molecular flexibility index (Phi) is 29.3. The number of phenolic OH excluding ortho intramolecular Hbond substituents is 2. The number of nitrogens with zero attached hydrogens (tertiary/aromatic N) is 2. The van der Waals surface area contributed by atoms with E-state index in [4.69, 9.17) is 37.9 Å². The van der Waals surface area contributed by atoms with Crippen molar-refractivity contribution in [2.75, 3.05) is 81.0 Å². The smallest absolute Gasteiger partial charge is 0.412 e. The van der Waals surface area contributed by atoms with Crippen LogP contribution in [0.1, 0.15) is 80.6 Å². The van der Waals surface area contributed by atoms with E-state index in [1.54, 1.807) is 90.8 Å². The number of carbonyl (C=O) groups excluding carboxylic acids is 8. The molecule has 2 aliphatic carbocycles. The molecule has 24 nitrogen and oxygen atoms in total. The molecule has 0 spiro atoms. The number of isocyanates is 2. The average Bonchev–Trinajstić information content (AvgIpc) is 0.696. The fraction of sp³-hybridized carbons (Fsp3) is 0.220. The first kappa shape index (κ1) is 80.6. The molecule has 0 saturated heterocycles. The molecule has 4 N–H and O–H groups in total. The molecule has 0 radical (unpaired) electrons. The lowest BCUT2D eigenvalue weighted by Gasteiger charge is -2.48. The van der Waals surface area contributed by atoms with Crippen molar-refractivity contribution in [1.29, 1.82) is 0 Å². The van der Waals surface area contributed by atoms with E-state index in [1.807, 2.05) is 121 Å². The van der Waals surface area contributed by atoms with Gasteiger partial charge in [0.1, 0.15) is 71.8 Å². The zero-order chi connectivity index (χ0) is 76.9. The van der Waals surface area contributed by atoms with Crippen LogP contribution in [0.25, 0.3) is 0 Å². The number of amides is 2. The predicted octanol–water partition coefficient (Wildman–Crippen LogP) is 11.7. The molecule has 548 valence electrons. The lowest BCUT2D eigenvalue weighted by Crippen LogP contribution is -2.46. The molecule has 8 aromatic rings. The Morgan fingerprint density at radius 2 is 0.642 bits per heavy atom. The van der Waals surface area contributed by atoms with Gasteiger partial charge >= 0.3 is 36.1 Å². The summed E-state index contributed by atoms with van der Waals surface area (Å²) in [5, 5.41) is 24.9. The maximum absolute atomic E-state index is 12.4. The predicted molar refractivity (Wildman–Crippen MR) is 390 cm³/mol. The Morgan fingerprint density at radius 3 is 0.896 bits per heavy atom. The quantitative estimate of drug-likeness (QED) is 0.00977. The van der Waals surface area contributed by atoms with Crippen LogP contribution >= 0.6 is 0 Å². The summed E-state index contributed by atoms with van der Waals surface area (Å²) >= 11 is 0. The number of phenols is 2. The number of ether oxygens (including phenoxy) is 10. The minimum atomic E-state index is -1.09. The van der Waals surface area contributed by atoms with E-state index in [9.17, 15) is 48.6 Å². The molecule has 0 bridgehead atoms. The molecular weight excluding hydrogens is 1360 g/mol. The number of aliphatic imine (C=N–C) groups is 2. The maximum atomic E-state index is 12.4. The Bertz CT molecular complexity index is 4350. The Labute approximate surface area is 612 Å². The number of hydrogen-bond donors (Lipinski definition) is 4. The van der Waals surface area contributed by atoms with Crippen LogP contribution in [0.5, 0.6) is 23.0 Å². The third-order valence-corrected chi connectivity index (χ3v) is 16.7. The summed E-state index contributed by atoms with van der Waals surface area (Å²) in [4.78, 5) is 93.9. The minimum absolute atomic E-state index is 0.0229. The standard InChI is InChI=1S/C41H40N2O10.C28H24O4.C7H9NO3.C6H7NO3/c1-6-36(44)50-25-23-42-38(46)52-30-19-15-28(16-20-30)40(48-4)32-11-7-9-13-34(32)41(49-5,35-14-10-8-12-33(35)40)29-17-21-31(22-18-29)53-39(47)43-24-26-51-37(45)27(2)3;1-31-27(19-11-15-21(29)16-12-19)23-7-3-5-9-25(23)28(32-2,20-13-17-22(30)18-14-20)26-10-6-4-8-24(26)27;1-6(2)7(10)11-4-3-8-5-9;1-2-6(9)10-4-3-7-5-8/h6-22H,1-2,23-26H2,3-5H3,(H,42,46)(H,43,47);3-18,29-30H,1-2H3;1,3-4H2,2H3;2H,1,3-4H2. The van der Waals surface area contributed by atoms with Crippen LogP contribution in [0.2, 0.25) is 0 Å². The molecule has 0 heterocycles. The highest BCUT2D eigenvalue weighted by Crippen LogP contribution is 2.58. The summed E-state index contributed by atoms with van der Waals surface area (Å²) < 4.78 is 55.6. The van der Waals surface area contributed by atoms with Gasteiger partial charge in [0.05, 0.1) is 26.2 Å². The lowest BCUT2D eigenvalue weighted by atomic mass is 9.63. The molecule has 0 fully saturated rings. The zero-order valence-corrected chi connectivity index (χ0v) is 59.3. The third-order valence-electron chi connectivity index (χ3n) is 16.7. The van der Waals surface area contributed by atoms with E-state index >= 15 is 0 Å². The van der Waals surface area contributed by atoms with Crippen molar-refractivity contribution >= 4 is 48.2 Å². The lowest BCUT2D eigenvalue weighted by molar-refractivity contribution is -0.139. The molecule has 10 rings (SSSR count). The highest BCUT2D eigenvalue weighted by atomic mass is 16.6. The molecular formula is C82H80N4O20. The second-order valence-electron chi connectivity index (χ2n) is 23.0. The minimum Gasteiger partial charge on any atom is -0.508 e. The second kappa shape index (κ2) is 38.6. The first-order valence-electron chi connectivity index (χ1n) is 32.8. The topological polar surface area (TPSA) is 318 Å². The number of hydrogen-bond acceptors (Lipinski definition) is 22. The van der Waals surface area contributed by atoms with Gasteiger partial charge in [-0.1, -0.05) is 172 Å². The van der Waals surface area contributed by atoms with Gasteiger partial charge in [-0.2, -0.15) is 0 Å². The number of carbonyl (C=O) groups is 6. The fourth-order valence-corrected chi connectivity index (χ4v) is 12.2. The van der Waals surface area contributed by atoms with Gasteiger partial charge in [0.25, 0.3) is 0 Å². The van der Waals surface area contributed by atoms with Gasteiger partial charge in [0.2, 0.25) is 12.2 Å². The van der Waals surface area contributed by atoms with Crippen molar-refractivity contribution < 1.29 is 95.9 Å². The molecule has 0 aliphatic heterocycles. The molecule has 0 atom stereocenters. The van der Waals surface area contributed by atoms with Crippen LogP contribution in [-0.2, 0) is 89.1 Å². The monoisotopic (exact) mass is 1440 g/mol. The first-order valence-corrected chi connectivity index (χ1v) is 32.8. The molecule has 8 aromatic carbocycles. The van der Waals surface area contributed by atoms with Gasteiger partial charge in [0.15, 0.2) is 0 Å². The summed E-state index contributed by atoms with van der Waals surface area (Å²) in [5.41, 5.74) is 7.17. The van der Waals surface area contributed by atoms with Crippen molar-refractivity contribution in [2.45, 2.75) is 36.3 Å². The Hall–Kier alpha value is -12.7. The summed E-state index contributed by atoms with van der Waals surface area (Å²) in [7, 11) is 6.71. The van der Waals surface area contributed by atoms with Crippen LogP contribution in [0.15, 0.2) is 254 Å². The first-order chi connectivity index (χ1) is 51.2. The van der Waals surface area contributed by atoms with Gasteiger partial charge in [0, 0.05) is 51.7 Å². The number of esters is 4. The Balaban J connectivity index is 0.000000247. The molecule has 0 saturated carbocycles. The number of nitrogens with one attached hydrogen (secondary N) is 2. The zero-order valence-electron chi connectivity index (χ0n) is 59.3. The van der Waals surface area contributed by atoms with Crippen molar-refractivity contribution in [3.8, 4) is 23.0 Å². The summed E-state index contributed by atoms with van der Waals surface area (Å²) in [6.45, 7) is 17.1. The van der Waals surface area contributed by atoms with Crippen molar-refractivity contribution in [2.24, 2.45) is 9.98 Å². The van der Waals surface area contributed by atoms with Crippen LogP contribution < -0.4 is 20.1 Å². The molecule has 0 aromatic heterocycles. The summed E-state index contributed by atoms with van der Waals surface area (Å²) in [6.07, 6.45) is 3.33.